The van der Waals surface area contributed by atoms with Gasteiger partial charge in [-0.05, 0) is 0 Å². The fourth-order valence-electron chi connectivity index (χ4n) is 0. The maximum atomic E-state index is 0. The fourth-order valence-corrected chi connectivity index (χ4v) is 0. The Hall–Kier alpha value is 3.02. The predicted octanol–water partition coefficient (Wildman–Crippen LogP) is -10.1. The minimum Gasteiger partial charge on any atom is -1.00 e. The van der Waals surface area contributed by atoms with E-state index in [0.29, 0.717) is 0 Å². The third-order valence-electron chi connectivity index (χ3n) is 0. The van der Waals surface area contributed by atoms with Gasteiger partial charge in [0.1, 0.15) is 0 Å². The van der Waals surface area contributed by atoms with Crippen LogP contribution in [0.15, 0.2) is 0 Å². The first-order chi connectivity index (χ1) is 0. The zero-order valence-electron chi connectivity index (χ0n) is 3.13. The van der Waals surface area contributed by atoms with Crippen LogP contribution in [-0.4, -0.2) is 89.3 Å². The van der Waals surface area contributed by atoms with Crippen LogP contribution in [0.3, 0.4) is 0 Å². The molecule has 0 nitrogen and oxygen atoms in total. The van der Waals surface area contributed by atoms with Crippen molar-refractivity contribution in [2.24, 2.45) is 0 Å². The molecule has 0 bridgehead atoms. The molecule has 0 saturated carbocycles. The van der Waals surface area contributed by atoms with Crippen molar-refractivity contribution >= 4 is 89.3 Å². The Bertz CT molecular complexity index is 13.5. The Morgan fingerprint density at radius 1 is 0.833 bits per heavy atom. The summed E-state index contributed by atoms with van der Waals surface area (Å²) in [6, 6.07) is 0. The molecule has 0 amide bonds. The van der Waals surface area contributed by atoms with Crippen molar-refractivity contribution in [3.63, 3.8) is 0 Å². The average Bonchev–Trinajstić information content (AvgIpc) is 0. The molecule has 6 heteroatoms. The largest absolute Gasteiger partial charge is 3.00 e. The quantitative estimate of drug-likeness (QED) is 0.380. The molecule has 0 saturated heterocycles. The average molecular weight is 262 g/mol. The van der Waals surface area contributed by atoms with E-state index in [2.05, 4.69) is 0 Å². The molecule has 0 unspecified atom stereocenters. The van der Waals surface area contributed by atoms with Crippen LogP contribution in [0.5, 0.6) is 0 Å². The summed E-state index contributed by atoms with van der Waals surface area (Å²) in [4.78, 5) is 0. The summed E-state index contributed by atoms with van der Waals surface area (Å²) in [5.41, 5.74) is 0. The second kappa shape index (κ2) is 43.3. The molecule has 0 heterocycles. The normalized spacial score (nSPS) is 0. The van der Waals surface area contributed by atoms with Crippen LogP contribution in [-0.2, 0) is 0 Å². The van der Waals surface area contributed by atoms with Crippen LogP contribution in [0.2, 0.25) is 0 Å². The first-order valence-electron chi connectivity index (χ1n) is 0. The smallest absolute Gasteiger partial charge is 1.00 e. The van der Waals surface area contributed by atoms with Crippen molar-refractivity contribution < 1.29 is 21.8 Å². The van der Waals surface area contributed by atoms with E-state index in [1.54, 1.807) is 0 Å². The Morgan fingerprint density at radius 3 is 0.833 bits per heavy atom. The van der Waals surface area contributed by atoms with Crippen molar-refractivity contribution in [3.8, 4) is 0 Å². The summed E-state index contributed by atoms with van der Waals surface area (Å²) in [5.74, 6) is 0. The van der Waals surface area contributed by atoms with Gasteiger partial charge >= 0.3 is 89.3 Å². The third kappa shape index (κ3) is 27.9. The van der Waals surface area contributed by atoms with Crippen LogP contribution in [0.25, 0.3) is 0 Å². The molecule has 0 aromatic rings. The van der Waals surface area contributed by atoms with Gasteiger partial charge in [-0.3, -0.25) is 0 Å². The van der Waals surface area contributed by atoms with Gasteiger partial charge in [-0.2, -0.15) is 0 Å². The predicted molar refractivity (Wildman–Crippen MR) is 17.3 cm³/mol. The summed E-state index contributed by atoms with van der Waals surface area (Å²) in [6.07, 6.45) is 0. The van der Waals surface area contributed by atoms with E-state index in [4.69, 9.17) is 0 Å². The summed E-state index contributed by atoms with van der Waals surface area (Å²) < 4.78 is 0. The van der Waals surface area contributed by atoms with Crippen LogP contribution >= 0.6 is 0 Å². The minimum absolute atomic E-state index is 0. The number of rotatable bonds is 0. The Balaban J connectivity index is 0. The Kier molecular flexibility index (Phi) is 459. The minimum atomic E-state index is 0. The standard InChI is InChI=1S/Al.Ba.ClH.2FH.Mg/h;;3*1H;/q+3;+2;;;;+2/p-3. The monoisotopic (exact) mass is 262 g/mol. The van der Waals surface area contributed by atoms with E-state index in [1.165, 1.54) is 0 Å². The molecule has 0 rings (SSSR count). The van der Waals surface area contributed by atoms with E-state index >= 15 is 0 Å². The first-order valence-corrected chi connectivity index (χ1v) is 0. The second-order valence-corrected chi connectivity index (χ2v) is 0. The van der Waals surface area contributed by atoms with Crippen LogP contribution in [0, 0.1) is 0 Å². The molecule has 0 aromatic heterocycles. The zero-order chi connectivity index (χ0) is 0. The van der Waals surface area contributed by atoms with Crippen molar-refractivity contribution in [2.45, 2.75) is 0 Å². The molecule has 0 radical (unpaired) electrons. The molecule has 0 aliphatic rings. The molecule has 0 aliphatic carbocycles. The van der Waals surface area contributed by atoms with Gasteiger partial charge in [0.05, 0.1) is 0 Å². The molecule has 0 aliphatic heterocycles. The molecule has 0 fully saturated rings. The number of hydrogen-bond acceptors (Lipinski definition) is 0. The molecule has 0 aromatic carbocycles. The van der Waals surface area contributed by atoms with Gasteiger partial charge in [-0.25, -0.2) is 0 Å². The topological polar surface area (TPSA) is 0 Å². The molecular weight excluding hydrogens is 262 g/mol. The molecule has 24 valence electrons. The van der Waals surface area contributed by atoms with Gasteiger partial charge in [-0.1, -0.05) is 0 Å². The third-order valence-corrected chi connectivity index (χ3v) is 0. The van der Waals surface area contributed by atoms with Crippen LogP contribution < -0.4 is 21.8 Å². The maximum Gasteiger partial charge on any atom is 3.00 e. The van der Waals surface area contributed by atoms with Crippen molar-refractivity contribution in [1.29, 1.82) is 0 Å². The maximum absolute atomic E-state index is 0. The molecule has 0 atom stereocenters. The van der Waals surface area contributed by atoms with E-state index < -0.39 is 0 Å². The summed E-state index contributed by atoms with van der Waals surface area (Å²) in [6.45, 7) is 0. The fraction of sp³-hybridized carbons (Fsp3) is 0. The first kappa shape index (κ1) is 63.6. The van der Waals surface area contributed by atoms with Gasteiger partial charge in [0.25, 0.3) is 0 Å². The summed E-state index contributed by atoms with van der Waals surface area (Å²) in [5, 5.41) is 0. The molecule has 6 heavy (non-hydrogen) atoms. The van der Waals surface area contributed by atoms with Gasteiger partial charge < -0.3 is 21.8 Å². The van der Waals surface area contributed by atoms with Gasteiger partial charge in [0.15, 0.2) is 0 Å². The molecular formula is AlBaClF2Mg+4. The van der Waals surface area contributed by atoms with E-state index in [9.17, 15) is 0 Å². The zero-order valence-corrected chi connectivity index (χ0v) is 10.9. The van der Waals surface area contributed by atoms with E-state index in [0.717, 1.165) is 0 Å². The summed E-state index contributed by atoms with van der Waals surface area (Å²) >= 11 is 0. The number of hydrogen-bond donors (Lipinski definition) is 0. The molecule has 0 spiro atoms. The van der Waals surface area contributed by atoms with Crippen LogP contribution in [0.4, 0.5) is 0 Å². The SMILES string of the molecule is [Al+3].[Ba+2].[Cl-].[F-].[F-].[Mg+2]. The summed E-state index contributed by atoms with van der Waals surface area (Å²) in [7, 11) is 0. The van der Waals surface area contributed by atoms with Crippen LogP contribution in [0.1, 0.15) is 0 Å². The van der Waals surface area contributed by atoms with Crippen molar-refractivity contribution in [3.05, 3.63) is 0 Å². The Morgan fingerprint density at radius 2 is 0.833 bits per heavy atom. The van der Waals surface area contributed by atoms with Gasteiger partial charge in [0, 0.05) is 0 Å². The van der Waals surface area contributed by atoms with E-state index in [-0.39, 0.29) is 111 Å². The van der Waals surface area contributed by atoms with Gasteiger partial charge in [0.2, 0.25) is 0 Å². The number of halogens is 3. The van der Waals surface area contributed by atoms with Gasteiger partial charge in [-0.15, -0.1) is 0 Å². The van der Waals surface area contributed by atoms with Crippen molar-refractivity contribution in [2.75, 3.05) is 0 Å². The molecule has 0 N–H and O–H groups in total. The Labute approximate surface area is 109 Å². The van der Waals surface area contributed by atoms with E-state index in [1.807, 2.05) is 0 Å². The second-order valence-electron chi connectivity index (χ2n) is 0. The van der Waals surface area contributed by atoms with Crippen molar-refractivity contribution in [1.82, 2.24) is 0 Å².